The van der Waals surface area contributed by atoms with E-state index in [1.807, 2.05) is 17.5 Å². The van der Waals surface area contributed by atoms with E-state index in [1.165, 1.54) is 48.4 Å². The lowest BCUT2D eigenvalue weighted by Gasteiger charge is -2.27. The Kier molecular flexibility index (Phi) is 4.88. The van der Waals surface area contributed by atoms with Crippen LogP contribution in [0.2, 0.25) is 0 Å². The molecule has 2 rings (SSSR count). The van der Waals surface area contributed by atoms with Crippen LogP contribution in [-0.2, 0) is 5.31 Å². The van der Waals surface area contributed by atoms with Gasteiger partial charge < -0.3 is 0 Å². The van der Waals surface area contributed by atoms with Crippen molar-refractivity contribution in [1.29, 1.82) is 0 Å². The second-order valence-corrected chi connectivity index (χ2v) is 7.06. The highest BCUT2D eigenvalue weighted by Gasteiger charge is 2.29. The highest BCUT2D eigenvalue weighted by molar-refractivity contribution is 7.12. The van der Waals surface area contributed by atoms with Crippen LogP contribution >= 0.6 is 11.3 Å². The van der Waals surface area contributed by atoms with E-state index >= 15 is 0 Å². The maximum atomic E-state index is 6.68. The average molecular weight is 261 g/mol. The summed E-state index contributed by atoms with van der Waals surface area (Å²) in [5.74, 6) is 0.566. The Morgan fingerprint density at radius 1 is 1.11 bits per heavy atom. The van der Waals surface area contributed by atoms with Gasteiger partial charge in [-0.15, -0.1) is 11.3 Å². The predicted molar refractivity (Wildman–Crippen MR) is 80.6 cm³/mol. The summed E-state index contributed by atoms with van der Waals surface area (Å²) >= 11 is 1.83. The summed E-state index contributed by atoms with van der Waals surface area (Å²) in [7, 11) is 6.68. The van der Waals surface area contributed by atoms with E-state index in [0.717, 1.165) is 12.8 Å². The summed E-state index contributed by atoms with van der Waals surface area (Å²) in [6.07, 6.45) is 12.2. The Labute approximate surface area is 117 Å². The summed E-state index contributed by atoms with van der Waals surface area (Å²) in [6.45, 7) is 4.45. The highest BCUT2D eigenvalue weighted by Crippen LogP contribution is 2.37. The number of hydrogen-bond donors (Lipinski definition) is 0. The fraction of sp³-hybridized carbons (Fsp3) is 0.800. The molecule has 1 aromatic heterocycles. The number of hydrogen-bond acceptors (Lipinski definition) is 2. The fourth-order valence-electron chi connectivity index (χ4n) is 2.71. The van der Waals surface area contributed by atoms with E-state index in [9.17, 15) is 0 Å². The van der Waals surface area contributed by atoms with E-state index in [2.05, 4.69) is 18.8 Å². The molecule has 0 amide bonds. The van der Waals surface area contributed by atoms with Crippen molar-refractivity contribution >= 4 is 19.2 Å². The molecule has 1 nitrogen and oxygen atoms in total. The Hall–Kier alpha value is -0.305. The molecule has 0 unspecified atom stereocenters. The third-order valence-electron chi connectivity index (χ3n) is 4.01. The van der Waals surface area contributed by atoms with Gasteiger partial charge in [0.2, 0.25) is 0 Å². The Bertz CT molecular complexity index is 362. The molecule has 1 aliphatic carbocycles. The minimum absolute atomic E-state index is 0.151. The van der Waals surface area contributed by atoms with Crippen molar-refractivity contribution < 1.29 is 0 Å². The van der Waals surface area contributed by atoms with E-state index in [1.54, 1.807) is 0 Å². The van der Waals surface area contributed by atoms with E-state index in [0.29, 0.717) is 5.92 Å². The molecule has 0 atom stereocenters. The standard InChI is InChI=1S/C15H24BNS/c1-12(2)13-11-17-14(18-13)15(16)9-7-5-3-4-6-8-10-15/h11-12H,3-10H2,1-2H3. The molecule has 18 heavy (non-hydrogen) atoms. The van der Waals surface area contributed by atoms with Gasteiger partial charge in [0.05, 0.1) is 12.9 Å². The lowest BCUT2D eigenvalue weighted by molar-refractivity contribution is 0.479. The summed E-state index contributed by atoms with van der Waals surface area (Å²) in [5.41, 5.74) is 0. The first-order valence-corrected chi connectivity index (χ1v) is 8.18. The molecule has 1 fully saturated rings. The molecule has 1 saturated carbocycles. The fourth-order valence-corrected chi connectivity index (χ4v) is 3.79. The molecule has 0 N–H and O–H groups in total. The smallest absolute Gasteiger partial charge is 0.0902 e. The molecule has 3 heteroatoms. The van der Waals surface area contributed by atoms with Crippen LogP contribution in [0.25, 0.3) is 0 Å². The van der Waals surface area contributed by atoms with Gasteiger partial charge in [-0.05, 0) is 24.1 Å². The monoisotopic (exact) mass is 261 g/mol. The van der Waals surface area contributed by atoms with Gasteiger partial charge in [0, 0.05) is 11.1 Å². The van der Waals surface area contributed by atoms with Gasteiger partial charge in [0.1, 0.15) is 0 Å². The van der Waals surface area contributed by atoms with Gasteiger partial charge in [0.15, 0.2) is 0 Å². The highest BCUT2D eigenvalue weighted by atomic mass is 32.1. The van der Waals surface area contributed by atoms with Crippen LogP contribution in [-0.4, -0.2) is 12.8 Å². The zero-order valence-corrected chi connectivity index (χ0v) is 12.6. The molecular weight excluding hydrogens is 237 g/mol. The first kappa shape index (κ1) is 14.1. The van der Waals surface area contributed by atoms with Crippen molar-refractivity contribution in [3.8, 4) is 0 Å². The largest absolute Gasteiger partial charge is 0.250 e. The third kappa shape index (κ3) is 3.37. The summed E-state index contributed by atoms with van der Waals surface area (Å²) < 4.78 is 0. The third-order valence-corrected chi connectivity index (χ3v) is 5.53. The Morgan fingerprint density at radius 3 is 2.17 bits per heavy atom. The maximum Gasteiger partial charge on any atom is 0.0902 e. The van der Waals surface area contributed by atoms with Crippen LogP contribution in [0.5, 0.6) is 0 Å². The van der Waals surface area contributed by atoms with Crippen molar-refractivity contribution in [2.75, 3.05) is 0 Å². The summed E-state index contributed by atoms with van der Waals surface area (Å²) in [5, 5.41) is 1.02. The van der Waals surface area contributed by atoms with E-state index in [4.69, 9.17) is 7.85 Å². The molecule has 1 heterocycles. The molecule has 0 spiro atoms. The summed E-state index contributed by atoms with van der Waals surface area (Å²) in [6, 6.07) is 0. The van der Waals surface area contributed by atoms with Crippen LogP contribution in [0.4, 0.5) is 0 Å². The predicted octanol–water partition coefficient (Wildman–Crippen LogP) is 4.76. The molecular formula is C15H24BNS. The lowest BCUT2D eigenvalue weighted by Crippen LogP contribution is -2.26. The minimum Gasteiger partial charge on any atom is -0.250 e. The van der Waals surface area contributed by atoms with Crippen molar-refractivity contribution in [2.24, 2.45) is 0 Å². The zero-order valence-electron chi connectivity index (χ0n) is 11.7. The quantitative estimate of drug-likeness (QED) is 0.699. The second kappa shape index (κ2) is 6.23. The molecule has 0 aliphatic heterocycles. The maximum absolute atomic E-state index is 6.68. The normalized spacial score (nSPS) is 21.3. The van der Waals surface area contributed by atoms with Gasteiger partial charge in [-0.3, -0.25) is 0 Å². The van der Waals surface area contributed by atoms with Crippen LogP contribution in [0.15, 0.2) is 6.20 Å². The van der Waals surface area contributed by atoms with Crippen LogP contribution in [0.1, 0.15) is 81.0 Å². The van der Waals surface area contributed by atoms with E-state index in [-0.39, 0.29) is 5.31 Å². The molecule has 98 valence electrons. The van der Waals surface area contributed by atoms with E-state index < -0.39 is 0 Å². The van der Waals surface area contributed by atoms with Crippen LogP contribution in [0, 0.1) is 0 Å². The zero-order chi connectivity index (χ0) is 13.0. The van der Waals surface area contributed by atoms with Crippen molar-refractivity contribution in [3.63, 3.8) is 0 Å². The van der Waals surface area contributed by atoms with Gasteiger partial charge in [0.25, 0.3) is 0 Å². The van der Waals surface area contributed by atoms with Gasteiger partial charge in [-0.25, -0.2) is 4.98 Å². The van der Waals surface area contributed by atoms with Crippen molar-refractivity contribution in [1.82, 2.24) is 4.98 Å². The molecule has 2 radical (unpaired) electrons. The first-order valence-electron chi connectivity index (χ1n) is 7.37. The average Bonchev–Trinajstić information content (AvgIpc) is 2.83. The SMILES string of the molecule is [B]C1(c2ncc(C(C)C)s2)CCCCCCCC1. The number of nitrogens with zero attached hydrogens (tertiary/aromatic N) is 1. The second-order valence-electron chi connectivity index (χ2n) is 6.00. The molecule has 0 bridgehead atoms. The number of aromatic nitrogens is 1. The van der Waals surface area contributed by atoms with Gasteiger partial charge in [-0.1, -0.05) is 52.4 Å². The molecule has 1 aliphatic rings. The van der Waals surface area contributed by atoms with Crippen LogP contribution < -0.4 is 0 Å². The molecule has 1 aromatic rings. The van der Waals surface area contributed by atoms with Crippen molar-refractivity contribution in [3.05, 3.63) is 16.1 Å². The lowest BCUT2D eigenvalue weighted by atomic mass is 9.63. The Morgan fingerprint density at radius 2 is 1.67 bits per heavy atom. The van der Waals surface area contributed by atoms with Gasteiger partial charge in [-0.2, -0.15) is 0 Å². The Balaban J connectivity index is 2.14. The topological polar surface area (TPSA) is 12.9 Å². The molecule has 0 aromatic carbocycles. The van der Waals surface area contributed by atoms with Crippen molar-refractivity contribution in [2.45, 2.75) is 76.4 Å². The minimum atomic E-state index is -0.151. The van der Waals surface area contributed by atoms with Crippen LogP contribution in [0.3, 0.4) is 0 Å². The molecule has 0 saturated heterocycles. The van der Waals surface area contributed by atoms with Gasteiger partial charge >= 0.3 is 0 Å². The number of thiazole rings is 1. The first-order chi connectivity index (χ1) is 8.62. The summed E-state index contributed by atoms with van der Waals surface area (Å²) in [4.78, 5) is 6.00. The number of rotatable bonds is 2.